The maximum atomic E-state index is 11.0. The number of carboxylic acid groups (broad SMARTS) is 1. The van der Waals surface area contributed by atoms with Gasteiger partial charge in [-0.15, -0.1) is 0 Å². The third-order valence-corrected chi connectivity index (χ3v) is 5.19. The van der Waals surface area contributed by atoms with Crippen molar-refractivity contribution in [2.24, 2.45) is 5.16 Å². The van der Waals surface area contributed by atoms with Crippen molar-refractivity contribution in [1.82, 2.24) is 0 Å². The summed E-state index contributed by atoms with van der Waals surface area (Å²) in [7, 11) is 0. The quantitative estimate of drug-likeness (QED) is 0.367. The molecule has 1 aliphatic rings. The molecular weight excluding hydrogens is 400 g/mol. The highest BCUT2D eigenvalue weighted by Crippen LogP contribution is 2.34. The number of aromatic carboxylic acids is 1. The molecule has 1 heterocycles. The summed E-state index contributed by atoms with van der Waals surface area (Å²) in [5.41, 5.74) is 2.95. The molecule has 8 heteroatoms. The lowest BCUT2D eigenvalue weighted by molar-refractivity contribution is 0.0693. The van der Waals surface area contributed by atoms with Crippen LogP contribution in [-0.2, 0) is 10.2 Å². The van der Waals surface area contributed by atoms with Crippen LogP contribution in [0.15, 0.2) is 41.6 Å². The normalized spacial score (nSPS) is 15.1. The van der Waals surface area contributed by atoms with Gasteiger partial charge in [0, 0.05) is 30.4 Å². The van der Waals surface area contributed by atoms with E-state index < -0.39 is 11.7 Å². The van der Waals surface area contributed by atoms with Gasteiger partial charge in [0.1, 0.15) is 29.4 Å². The fraction of sp³-hybridized carbons (Fsp3) is 0.391. The molecule has 1 aliphatic heterocycles. The lowest BCUT2D eigenvalue weighted by Gasteiger charge is -2.34. The summed E-state index contributed by atoms with van der Waals surface area (Å²) in [6, 6.07) is 9.86. The standard InChI is InChI=1S/C23H28N2O6/c1-23(2,3)18-12-15(4-7-20(18)25-8-10-30-11-9-25)19(24-29)14-31-16-5-6-17(22(27)28)21(26)13-16/h4-7,12-13,26,29H,8-11,14H2,1-3H3,(H,27,28)/b24-19+. The van der Waals surface area contributed by atoms with Crippen LogP contribution in [0.25, 0.3) is 0 Å². The van der Waals surface area contributed by atoms with E-state index in [-0.39, 0.29) is 23.3 Å². The highest BCUT2D eigenvalue weighted by atomic mass is 16.5. The topological polar surface area (TPSA) is 112 Å². The van der Waals surface area contributed by atoms with Gasteiger partial charge in [0.2, 0.25) is 0 Å². The van der Waals surface area contributed by atoms with Gasteiger partial charge in [0.05, 0.1) is 13.2 Å². The van der Waals surface area contributed by atoms with Gasteiger partial charge in [-0.1, -0.05) is 32.0 Å². The average molecular weight is 428 g/mol. The van der Waals surface area contributed by atoms with Crippen molar-refractivity contribution in [2.75, 3.05) is 37.8 Å². The number of aromatic hydroxyl groups is 1. The number of benzene rings is 2. The fourth-order valence-electron chi connectivity index (χ4n) is 3.50. The summed E-state index contributed by atoms with van der Waals surface area (Å²) in [6.07, 6.45) is 0. The molecular formula is C23H28N2O6. The number of carboxylic acids is 1. The predicted octanol–water partition coefficient (Wildman–Crippen LogP) is 3.48. The number of anilines is 1. The fourth-order valence-corrected chi connectivity index (χ4v) is 3.50. The average Bonchev–Trinajstić information content (AvgIpc) is 2.74. The zero-order valence-electron chi connectivity index (χ0n) is 18.0. The van der Waals surface area contributed by atoms with Crippen molar-refractivity contribution in [3.8, 4) is 11.5 Å². The Morgan fingerprint density at radius 2 is 1.87 bits per heavy atom. The maximum Gasteiger partial charge on any atom is 0.339 e. The van der Waals surface area contributed by atoms with E-state index in [0.717, 1.165) is 29.9 Å². The minimum Gasteiger partial charge on any atom is -0.507 e. The summed E-state index contributed by atoms with van der Waals surface area (Å²) in [5, 5.41) is 31.8. The van der Waals surface area contributed by atoms with Gasteiger partial charge in [-0.2, -0.15) is 0 Å². The molecule has 0 aromatic heterocycles. The zero-order valence-corrected chi connectivity index (χ0v) is 18.0. The monoisotopic (exact) mass is 428 g/mol. The van der Waals surface area contributed by atoms with Crippen LogP contribution in [0.2, 0.25) is 0 Å². The largest absolute Gasteiger partial charge is 0.507 e. The highest BCUT2D eigenvalue weighted by Gasteiger charge is 2.24. The molecule has 0 unspecified atom stereocenters. The van der Waals surface area contributed by atoms with Crippen LogP contribution in [-0.4, -0.2) is 60.0 Å². The van der Waals surface area contributed by atoms with Crippen LogP contribution < -0.4 is 9.64 Å². The molecule has 0 spiro atoms. The summed E-state index contributed by atoms with van der Waals surface area (Å²) in [4.78, 5) is 13.3. The Balaban J connectivity index is 1.83. The summed E-state index contributed by atoms with van der Waals surface area (Å²) in [6.45, 7) is 9.37. The molecule has 0 saturated carbocycles. The molecule has 1 fully saturated rings. The molecule has 0 aliphatic carbocycles. The van der Waals surface area contributed by atoms with Crippen molar-refractivity contribution >= 4 is 17.4 Å². The molecule has 0 amide bonds. The third kappa shape index (κ3) is 5.27. The van der Waals surface area contributed by atoms with Crippen molar-refractivity contribution in [3.63, 3.8) is 0 Å². The first-order chi connectivity index (χ1) is 14.7. The van der Waals surface area contributed by atoms with E-state index in [4.69, 9.17) is 14.6 Å². The molecule has 0 bridgehead atoms. The molecule has 1 saturated heterocycles. The predicted molar refractivity (Wildman–Crippen MR) is 117 cm³/mol. The van der Waals surface area contributed by atoms with E-state index in [1.165, 1.54) is 18.2 Å². The smallest absolute Gasteiger partial charge is 0.339 e. The summed E-state index contributed by atoms with van der Waals surface area (Å²) < 4.78 is 11.1. The van der Waals surface area contributed by atoms with Gasteiger partial charge in [-0.3, -0.25) is 0 Å². The number of phenols is 1. The maximum absolute atomic E-state index is 11.0. The van der Waals surface area contributed by atoms with E-state index in [1.54, 1.807) is 0 Å². The van der Waals surface area contributed by atoms with Gasteiger partial charge in [0.25, 0.3) is 0 Å². The first-order valence-electron chi connectivity index (χ1n) is 10.1. The number of hydrogen-bond donors (Lipinski definition) is 3. The first kappa shape index (κ1) is 22.4. The lowest BCUT2D eigenvalue weighted by Crippen LogP contribution is -2.37. The number of morpholine rings is 1. The SMILES string of the molecule is CC(C)(C)c1cc(/C(COc2ccc(C(=O)O)c(O)c2)=N/O)ccc1N1CCOCC1. The van der Waals surface area contributed by atoms with Crippen LogP contribution in [0.3, 0.4) is 0 Å². The molecule has 166 valence electrons. The Morgan fingerprint density at radius 3 is 2.45 bits per heavy atom. The minimum atomic E-state index is -1.23. The second-order valence-corrected chi connectivity index (χ2v) is 8.40. The molecule has 3 rings (SSSR count). The van der Waals surface area contributed by atoms with Crippen LogP contribution in [0, 0.1) is 0 Å². The number of oxime groups is 1. The Kier molecular flexibility index (Phi) is 6.70. The van der Waals surface area contributed by atoms with Crippen LogP contribution in [0.5, 0.6) is 11.5 Å². The number of nitrogens with zero attached hydrogens (tertiary/aromatic N) is 2. The number of rotatable bonds is 6. The van der Waals surface area contributed by atoms with E-state index >= 15 is 0 Å². The lowest BCUT2D eigenvalue weighted by atomic mass is 9.84. The Hall–Kier alpha value is -3.26. The number of ether oxygens (including phenoxy) is 2. The molecule has 2 aromatic carbocycles. The zero-order chi connectivity index (χ0) is 22.6. The highest BCUT2D eigenvalue weighted by molar-refractivity contribution is 6.02. The van der Waals surface area contributed by atoms with Crippen molar-refractivity contribution in [1.29, 1.82) is 0 Å². The van der Waals surface area contributed by atoms with E-state index in [1.807, 2.05) is 18.2 Å². The van der Waals surface area contributed by atoms with Crippen molar-refractivity contribution < 1.29 is 29.7 Å². The Bertz CT molecular complexity index is 975. The Labute approximate surface area is 181 Å². The summed E-state index contributed by atoms with van der Waals surface area (Å²) in [5.74, 6) is -1.35. The first-order valence-corrected chi connectivity index (χ1v) is 10.1. The summed E-state index contributed by atoms with van der Waals surface area (Å²) >= 11 is 0. The number of carbonyl (C=O) groups is 1. The second-order valence-electron chi connectivity index (χ2n) is 8.40. The number of hydrogen-bond acceptors (Lipinski definition) is 7. The van der Waals surface area contributed by atoms with Gasteiger partial charge >= 0.3 is 5.97 Å². The van der Waals surface area contributed by atoms with Crippen molar-refractivity contribution in [3.05, 3.63) is 53.1 Å². The molecule has 0 atom stereocenters. The van der Waals surface area contributed by atoms with Crippen LogP contribution in [0.1, 0.15) is 42.3 Å². The van der Waals surface area contributed by atoms with E-state index in [2.05, 4.69) is 30.8 Å². The van der Waals surface area contributed by atoms with Gasteiger partial charge in [0.15, 0.2) is 0 Å². The second kappa shape index (κ2) is 9.26. The molecule has 8 nitrogen and oxygen atoms in total. The van der Waals surface area contributed by atoms with E-state index in [0.29, 0.717) is 18.9 Å². The van der Waals surface area contributed by atoms with E-state index in [9.17, 15) is 15.1 Å². The molecule has 2 aromatic rings. The van der Waals surface area contributed by atoms with Gasteiger partial charge in [-0.25, -0.2) is 4.79 Å². The van der Waals surface area contributed by atoms with Crippen LogP contribution >= 0.6 is 0 Å². The molecule has 0 radical (unpaired) electrons. The molecule has 3 N–H and O–H groups in total. The van der Waals surface area contributed by atoms with Crippen LogP contribution in [0.4, 0.5) is 5.69 Å². The third-order valence-electron chi connectivity index (χ3n) is 5.19. The molecule has 31 heavy (non-hydrogen) atoms. The minimum absolute atomic E-state index is 0.0527. The van der Waals surface area contributed by atoms with Gasteiger partial charge < -0.3 is 29.8 Å². The Morgan fingerprint density at radius 1 is 1.16 bits per heavy atom. The van der Waals surface area contributed by atoms with Gasteiger partial charge in [-0.05, 0) is 35.2 Å². The van der Waals surface area contributed by atoms with Crippen molar-refractivity contribution in [2.45, 2.75) is 26.2 Å².